The lowest BCUT2D eigenvalue weighted by Crippen LogP contribution is -2.31. The normalized spacial score (nSPS) is 14.0. The van der Waals surface area contributed by atoms with Crippen molar-refractivity contribution in [1.82, 2.24) is 4.98 Å². The van der Waals surface area contributed by atoms with Gasteiger partial charge in [-0.3, -0.25) is 4.79 Å². The Bertz CT molecular complexity index is 816. The topological polar surface area (TPSA) is 89.3 Å². The number of hydrogen-bond acceptors (Lipinski definition) is 5. The summed E-state index contributed by atoms with van der Waals surface area (Å²) in [5.74, 6) is 0.0388. The van der Waals surface area contributed by atoms with Gasteiger partial charge in [-0.15, -0.1) is 0 Å². The summed E-state index contributed by atoms with van der Waals surface area (Å²) in [6.45, 7) is 7.34. The molecule has 1 heterocycles. The second-order valence-corrected chi connectivity index (χ2v) is 8.78. The Morgan fingerprint density at radius 1 is 1.32 bits per heavy atom. The van der Waals surface area contributed by atoms with E-state index in [4.69, 9.17) is 4.42 Å². The Kier molecular flexibility index (Phi) is 4.04. The van der Waals surface area contributed by atoms with E-state index in [1.807, 2.05) is 20.8 Å². The third-order valence-corrected chi connectivity index (χ3v) is 4.81. The van der Waals surface area contributed by atoms with E-state index in [2.05, 4.69) is 10.3 Å². The highest BCUT2D eigenvalue weighted by atomic mass is 32.2. The second-order valence-electron chi connectivity index (χ2n) is 6.41. The van der Waals surface area contributed by atoms with Crippen molar-refractivity contribution in [2.45, 2.75) is 38.4 Å². The Morgan fingerprint density at radius 3 is 2.50 bits per heavy atom. The maximum atomic E-state index is 11.9. The fourth-order valence-corrected chi connectivity index (χ4v) is 2.21. The van der Waals surface area contributed by atoms with E-state index in [1.165, 1.54) is 6.92 Å². The van der Waals surface area contributed by atoms with Crippen molar-refractivity contribution >= 4 is 32.5 Å². The first-order valence-electron chi connectivity index (χ1n) is 6.89. The molecular formula is C15H20N2O4S. The highest BCUT2D eigenvalue weighted by Crippen LogP contribution is 2.27. The first-order valence-corrected chi connectivity index (χ1v) is 8.85. The molecule has 0 saturated heterocycles. The number of nitrogens with zero attached hydrogens (tertiary/aromatic N) is 1. The number of carbonyl (C=O) groups excluding carboxylic acids is 1. The summed E-state index contributed by atoms with van der Waals surface area (Å²) in [6, 6.07) is 5.03. The highest BCUT2D eigenvalue weighted by molar-refractivity contribution is 7.92. The van der Waals surface area contributed by atoms with Gasteiger partial charge in [-0.05, 0) is 25.1 Å². The van der Waals surface area contributed by atoms with Crippen LogP contribution in [0.25, 0.3) is 11.1 Å². The molecule has 0 radical (unpaired) electrons. The first-order chi connectivity index (χ1) is 9.98. The number of anilines is 1. The molecule has 120 valence electrons. The summed E-state index contributed by atoms with van der Waals surface area (Å²) in [7, 11) is -3.43. The summed E-state index contributed by atoms with van der Waals surface area (Å²) in [6.07, 6.45) is 1.04. The molecule has 1 atom stereocenters. The number of sulfone groups is 1. The molecule has 0 aliphatic rings. The van der Waals surface area contributed by atoms with Gasteiger partial charge in [0.15, 0.2) is 15.4 Å². The predicted molar refractivity (Wildman–Crippen MR) is 85.6 cm³/mol. The van der Waals surface area contributed by atoms with Crippen LogP contribution in [0.3, 0.4) is 0 Å². The Balaban J connectivity index is 2.29. The number of hydrogen-bond donors (Lipinski definition) is 1. The molecule has 0 saturated carbocycles. The number of aromatic nitrogens is 1. The van der Waals surface area contributed by atoms with E-state index in [-0.39, 0.29) is 5.41 Å². The van der Waals surface area contributed by atoms with E-state index < -0.39 is 21.0 Å². The quantitative estimate of drug-likeness (QED) is 0.937. The standard InChI is InChI=1S/C15H20N2O4S/c1-9(22(5,19)20)13(18)16-10-6-7-12-11(8-10)17-14(21-12)15(2,3)4/h6-9H,1-5H3,(H,16,18)/t9-/m0/s1. The van der Waals surface area contributed by atoms with E-state index >= 15 is 0 Å². The molecule has 0 bridgehead atoms. The summed E-state index contributed by atoms with van der Waals surface area (Å²) in [4.78, 5) is 16.3. The van der Waals surface area contributed by atoms with Gasteiger partial charge in [0.1, 0.15) is 10.8 Å². The molecule has 0 fully saturated rings. The van der Waals surface area contributed by atoms with Gasteiger partial charge < -0.3 is 9.73 Å². The molecule has 1 aromatic heterocycles. The largest absolute Gasteiger partial charge is 0.440 e. The molecule has 2 aromatic rings. The minimum Gasteiger partial charge on any atom is -0.440 e. The lowest BCUT2D eigenvalue weighted by Gasteiger charge is -2.11. The van der Waals surface area contributed by atoms with Crippen molar-refractivity contribution in [3.8, 4) is 0 Å². The van der Waals surface area contributed by atoms with Crippen LogP contribution in [0.5, 0.6) is 0 Å². The van der Waals surface area contributed by atoms with E-state index in [1.54, 1.807) is 18.2 Å². The van der Waals surface area contributed by atoms with Crippen molar-refractivity contribution in [1.29, 1.82) is 0 Å². The van der Waals surface area contributed by atoms with Crippen molar-refractivity contribution in [3.63, 3.8) is 0 Å². The van der Waals surface area contributed by atoms with E-state index in [0.29, 0.717) is 22.7 Å². The van der Waals surface area contributed by atoms with Gasteiger partial charge >= 0.3 is 0 Å². The fourth-order valence-electron chi connectivity index (χ4n) is 1.76. The molecule has 1 amide bonds. The molecule has 0 spiro atoms. The lowest BCUT2D eigenvalue weighted by atomic mass is 9.97. The summed E-state index contributed by atoms with van der Waals surface area (Å²) in [5.41, 5.74) is 1.52. The van der Waals surface area contributed by atoms with Gasteiger partial charge in [-0.2, -0.15) is 0 Å². The molecule has 0 unspecified atom stereocenters. The highest BCUT2D eigenvalue weighted by Gasteiger charge is 2.24. The van der Waals surface area contributed by atoms with Crippen LogP contribution >= 0.6 is 0 Å². The average molecular weight is 324 g/mol. The lowest BCUT2D eigenvalue weighted by molar-refractivity contribution is -0.115. The van der Waals surface area contributed by atoms with Gasteiger partial charge in [0, 0.05) is 17.4 Å². The number of amides is 1. The zero-order valence-electron chi connectivity index (χ0n) is 13.3. The van der Waals surface area contributed by atoms with Crippen molar-refractivity contribution in [2.75, 3.05) is 11.6 Å². The molecule has 2 rings (SSSR count). The molecule has 1 aromatic carbocycles. The molecule has 1 N–H and O–H groups in total. The molecule has 6 nitrogen and oxygen atoms in total. The number of carbonyl (C=O) groups is 1. The minimum absolute atomic E-state index is 0.215. The van der Waals surface area contributed by atoms with Crippen molar-refractivity contribution < 1.29 is 17.6 Å². The number of oxazole rings is 1. The average Bonchev–Trinajstić information content (AvgIpc) is 2.79. The summed E-state index contributed by atoms with van der Waals surface area (Å²) >= 11 is 0. The SMILES string of the molecule is C[C@@H](C(=O)Nc1ccc2oc(C(C)(C)C)nc2c1)S(C)(=O)=O. The zero-order chi connectivity index (χ0) is 16.7. The predicted octanol–water partition coefficient (Wildman–Crippen LogP) is 2.50. The van der Waals surface area contributed by atoms with Gasteiger partial charge in [0.2, 0.25) is 11.8 Å². The van der Waals surface area contributed by atoms with Gasteiger partial charge in [-0.1, -0.05) is 20.8 Å². The van der Waals surface area contributed by atoms with Crippen LogP contribution in [-0.2, 0) is 20.0 Å². The van der Waals surface area contributed by atoms with Crippen LogP contribution in [0, 0.1) is 0 Å². The summed E-state index contributed by atoms with van der Waals surface area (Å²) < 4.78 is 28.5. The van der Waals surface area contributed by atoms with Crippen molar-refractivity contribution in [3.05, 3.63) is 24.1 Å². The third kappa shape index (κ3) is 3.47. The third-order valence-electron chi connectivity index (χ3n) is 3.31. The Hall–Kier alpha value is -1.89. The van der Waals surface area contributed by atoms with Crippen LogP contribution < -0.4 is 5.32 Å². The number of fused-ring (bicyclic) bond motifs is 1. The van der Waals surface area contributed by atoms with Gasteiger partial charge in [0.25, 0.3) is 0 Å². The summed E-state index contributed by atoms with van der Waals surface area (Å²) in [5, 5.41) is 1.48. The van der Waals surface area contributed by atoms with E-state index in [9.17, 15) is 13.2 Å². The number of nitrogens with one attached hydrogen (secondary N) is 1. The molecule has 7 heteroatoms. The fraction of sp³-hybridized carbons (Fsp3) is 0.467. The molecular weight excluding hydrogens is 304 g/mol. The molecule has 0 aliphatic heterocycles. The maximum Gasteiger partial charge on any atom is 0.242 e. The number of rotatable bonds is 3. The Labute approximate surface area is 129 Å². The Morgan fingerprint density at radius 2 is 1.95 bits per heavy atom. The van der Waals surface area contributed by atoms with Gasteiger partial charge in [0.05, 0.1) is 0 Å². The molecule has 22 heavy (non-hydrogen) atoms. The molecule has 0 aliphatic carbocycles. The van der Waals surface area contributed by atoms with Crippen LogP contribution in [0.15, 0.2) is 22.6 Å². The van der Waals surface area contributed by atoms with Crippen molar-refractivity contribution in [2.24, 2.45) is 0 Å². The van der Waals surface area contributed by atoms with E-state index in [0.717, 1.165) is 6.26 Å². The minimum atomic E-state index is -3.43. The van der Waals surface area contributed by atoms with Crippen LogP contribution in [0.2, 0.25) is 0 Å². The van der Waals surface area contributed by atoms with Crippen LogP contribution in [0.1, 0.15) is 33.6 Å². The zero-order valence-corrected chi connectivity index (χ0v) is 14.1. The van der Waals surface area contributed by atoms with Crippen LogP contribution in [-0.4, -0.2) is 30.8 Å². The monoisotopic (exact) mass is 324 g/mol. The van der Waals surface area contributed by atoms with Crippen LogP contribution in [0.4, 0.5) is 5.69 Å². The smallest absolute Gasteiger partial charge is 0.242 e. The second kappa shape index (κ2) is 5.39. The maximum absolute atomic E-state index is 11.9. The first kappa shape index (κ1) is 16.5. The van der Waals surface area contributed by atoms with Gasteiger partial charge in [-0.25, -0.2) is 13.4 Å². The number of benzene rings is 1.